The lowest BCUT2D eigenvalue weighted by Crippen LogP contribution is -2.51. The molecule has 0 spiro atoms. The highest BCUT2D eigenvalue weighted by molar-refractivity contribution is 6.35. The van der Waals surface area contributed by atoms with E-state index in [4.69, 9.17) is 9.15 Å². The van der Waals surface area contributed by atoms with Crippen LogP contribution in [0.3, 0.4) is 0 Å². The third-order valence-electron chi connectivity index (χ3n) is 5.15. The van der Waals surface area contributed by atoms with Gasteiger partial charge in [-0.3, -0.25) is 14.5 Å². The molecule has 0 radical (unpaired) electrons. The van der Waals surface area contributed by atoms with Crippen LogP contribution in [-0.2, 0) is 9.59 Å². The van der Waals surface area contributed by atoms with Gasteiger partial charge in [-0.05, 0) is 50.2 Å². The summed E-state index contributed by atoms with van der Waals surface area (Å²) in [5.41, 5.74) is 1.16. The minimum atomic E-state index is -0.628. The Balaban J connectivity index is 1.60. The third-order valence-corrected chi connectivity index (χ3v) is 5.15. The number of hydrogen-bond acceptors (Lipinski definition) is 6. The third kappa shape index (κ3) is 5.54. The first-order chi connectivity index (χ1) is 14.5. The molecule has 0 aliphatic carbocycles. The predicted molar refractivity (Wildman–Crippen MR) is 115 cm³/mol. The molecular weight excluding hydrogens is 384 g/mol. The van der Waals surface area contributed by atoms with E-state index in [0.717, 1.165) is 43.4 Å². The van der Waals surface area contributed by atoms with E-state index in [0.29, 0.717) is 6.54 Å². The van der Waals surface area contributed by atoms with Gasteiger partial charge in [0.15, 0.2) is 0 Å². The average molecular weight is 415 g/mol. The second-order valence-corrected chi connectivity index (χ2v) is 7.59. The Hall–Kier alpha value is -3.00. The number of nitrogens with one attached hydrogen (secondary N) is 2. The molecule has 1 saturated heterocycles. The summed E-state index contributed by atoms with van der Waals surface area (Å²) in [7, 11) is 1.66. The molecule has 2 heterocycles. The topological polar surface area (TPSA) is 87.0 Å². The van der Waals surface area contributed by atoms with E-state index in [1.165, 1.54) is 0 Å². The molecule has 2 aromatic rings. The molecule has 3 rings (SSSR count). The molecule has 8 nitrogen and oxygen atoms in total. The zero-order chi connectivity index (χ0) is 21.5. The number of hydrogen-bond donors (Lipinski definition) is 2. The molecule has 8 heteroatoms. The van der Waals surface area contributed by atoms with Gasteiger partial charge in [0.1, 0.15) is 11.5 Å². The summed E-state index contributed by atoms with van der Waals surface area (Å²) in [6, 6.07) is 11.6. The quantitative estimate of drug-likeness (QED) is 0.672. The van der Waals surface area contributed by atoms with Crippen LogP contribution in [0.4, 0.5) is 5.69 Å². The lowest BCUT2D eigenvalue weighted by molar-refractivity contribution is -0.139. The van der Waals surface area contributed by atoms with Crippen molar-refractivity contribution in [2.24, 2.45) is 0 Å². The monoisotopic (exact) mass is 414 g/mol. The number of amides is 2. The van der Waals surface area contributed by atoms with Gasteiger partial charge >= 0.3 is 11.8 Å². The van der Waals surface area contributed by atoms with Gasteiger partial charge in [-0.25, -0.2) is 0 Å². The molecule has 30 heavy (non-hydrogen) atoms. The van der Waals surface area contributed by atoms with E-state index in [9.17, 15) is 9.59 Å². The number of carbonyl (C=O) groups is 2. The van der Waals surface area contributed by atoms with Crippen molar-refractivity contribution < 1.29 is 18.7 Å². The fourth-order valence-electron chi connectivity index (χ4n) is 3.57. The highest BCUT2D eigenvalue weighted by Crippen LogP contribution is 2.25. The van der Waals surface area contributed by atoms with Gasteiger partial charge in [0.2, 0.25) is 0 Å². The van der Waals surface area contributed by atoms with Gasteiger partial charge < -0.3 is 24.7 Å². The number of nitrogens with zero attached hydrogens (tertiary/aromatic N) is 2. The Morgan fingerprint density at radius 1 is 1.07 bits per heavy atom. The summed E-state index contributed by atoms with van der Waals surface area (Å²) >= 11 is 0. The zero-order valence-corrected chi connectivity index (χ0v) is 17.8. The van der Waals surface area contributed by atoms with Crippen LogP contribution in [0.1, 0.15) is 25.6 Å². The summed E-state index contributed by atoms with van der Waals surface area (Å²) in [6.45, 7) is 7.27. The second-order valence-electron chi connectivity index (χ2n) is 7.59. The molecule has 1 aromatic heterocycles. The van der Waals surface area contributed by atoms with Gasteiger partial charge in [0.25, 0.3) is 0 Å². The normalized spacial score (nSPS) is 15.7. The summed E-state index contributed by atoms with van der Waals surface area (Å²) < 4.78 is 10.9. The number of benzene rings is 1. The van der Waals surface area contributed by atoms with E-state index in [1.807, 2.05) is 38.1 Å². The molecule has 1 aliphatic rings. The Morgan fingerprint density at radius 3 is 2.33 bits per heavy atom. The molecule has 0 bridgehead atoms. The van der Waals surface area contributed by atoms with Crippen molar-refractivity contribution in [1.82, 2.24) is 15.5 Å². The lowest BCUT2D eigenvalue weighted by atomic mass is 10.1. The maximum atomic E-state index is 12.1. The summed E-state index contributed by atoms with van der Waals surface area (Å²) in [6.07, 6.45) is 1.63. The number of anilines is 1. The van der Waals surface area contributed by atoms with Gasteiger partial charge in [0.05, 0.1) is 19.4 Å². The Labute approximate surface area is 177 Å². The molecule has 0 saturated carbocycles. The van der Waals surface area contributed by atoms with Crippen LogP contribution < -0.4 is 20.3 Å². The smallest absolute Gasteiger partial charge is 0.309 e. The standard InChI is InChI=1S/C22H30N4O4/c1-16(2)24-22(28)21(27)23-15-19(20-5-4-14-30-20)26-12-10-25(11-13-26)17-6-8-18(29-3)9-7-17/h4-9,14,16,19H,10-13,15H2,1-3H3,(H,23,27)(H,24,28)/t19-/m0/s1. The predicted octanol–water partition coefficient (Wildman–Crippen LogP) is 1.79. The van der Waals surface area contributed by atoms with Crippen LogP contribution in [0.15, 0.2) is 47.1 Å². The van der Waals surface area contributed by atoms with Crippen LogP contribution in [-0.4, -0.2) is 62.6 Å². The van der Waals surface area contributed by atoms with Gasteiger partial charge in [-0.2, -0.15) is 0 Å². The number of furan rings is 1. The van der Waals surface area contributed by atoms with Crippen LogP contribution >= 0.6 is 0 Å². The van der Waals surface area contributed by atoms with Crippen molar-refractivity contribution in [3.63, 3.8) is 0 Å². The first kappa shape index (κ1) is 21.7. The first-order valence-corrected chi connectivity index (χ1v) is 10.2. The number of rotatable bonds is 7. The molecule has 162 valence electrons. The lowest BCUT2D eigenvalue weighted by Gasteiger charge is -2.39. The molecule has 1 fully saturated rings. The minimum absolute atomic E-state index is 0.0878. The van der Waals surface area contributed by atoms with E-state index in [2.05, 4.69) is 32.6 Å². The van der Waals surface area contributed by atoms with E-state index in [-0.39, 0.29) is 12.1 Å². The summed E-state index contributed by atoms with van der Waals surface area (Å²) in [4.78, 5) is 28.6. The van der Waals surface area contributed by atoms with Crippen LogP contribution in [0.25, 0.3) is 0 Å². The molecule has 1 atom stereocenters. The SMILES string of the molecule is COc1ccc(N2CCN([C@@H](CNC(=O)C(=O)NC(C)C)c3ccco3)CC2)cc1. The Bertz CT molecular complexity index is 812. The molecule has 1 aromatic carbocycles. The van der Waals surface area contributed by atoms with Gasteiger partial charge in [-0.15, -0.1) is 0 Å². The van der Waals surface area contributed by atoms with Crippen LogP contribution in [0.2, 0.25) is 0 Å². The Morgan fingerprint density at radius 2 is 1.77 bits per heavy atom. The van der Waals surface area contributed by atoms with E-state index in [1.54, 1.807) is 13.4 Å². The first-order valence-electron chi connectivity index (χ1n) is 10.2. The van der Waals surface area contributed by atoms with Crippen LogP contribution in [0, 0.1) is 0 Å². The fraction of sp³-hybridized carbons (Fsp3) is 0.455. The minimum Gasteiger partial charge on any atom is -0.497 e. The van der Waals surface area contributed by atoms with Crippen molar-refractivity contribution in [3.8, 4) is 5.75 Å². The number of methoxy groups -OCH3 is 1. The maximum absolute atomic E-state index is 12.1. The number of piperazine rings is 1. The van der Waals surface area contributed by atoms with Crippen LogP contribution in [0.5, 0.6) is 5.75 Å². The zero-order valence-electron chi connectivity index (χ0n) is 17.8. The summed E-state index contributed by atoms with van der Waals surface area (Å²) in [5.74, 6) is 0.370. The number of carbonyl (C=O) groups excluding carboxylic acids is 2. The van der Waals surface area contributed by atoms with Gasteiger partial charge in [-0.1, -0.05) is 0 Å². The molecule has 1 aliphatic heterocycles. The van der Waals surface area contributed by atoms with Crippen molar-refractivity contribution >= 4 is 17.5 Å². The molecule has 0 unspecified atom stereocenters. The average Bonchev–Trinajstić information content (AvgIpc) is 3.28. The second kappa shape index (κ2) is 10.2. The Kier molecular flexibility index (Phi) is 7.35. The highest BCUT2D eigenvalue weighted by Gasteiger charge is 2.28. The van der Waals surface area contributed by atoms with Gasteiger partial charge in [0, 0.05) is 44.5 Å². The summed E-state index contributed by atoms with van der Waals surface area (Å²) in [5, 5.41) is 5.36. The fourth-order valence-corrected chi connectivity index (χ4v) is 3.57. The molecular formula is C22H30N4O4. The van der Waals surface area contributed by atoms with Crippen molar-refractivity contribution in [2.75, 3.05) is 44.7 Å². The van der Waals surface area contributed by atoms with E-state index >= 15 is 0 Å². The van der Waals surface area contributed by atoms with Crippen molar-refractivity contribution in [3.05, 3.63) is 48.4 Å². The van der Waals surface area contributed by atoms with Crippen molar-refractivity contribution in [2.45, 2.75) is 25.9 Å². The molecule has 2 amide bonds. The maximum Gasteiger partial charge on any atom is 0.309 e. The highest BCUT2D eigenvalue weighted by atomic mass is 16.5. The number of ether oxygens (including phenoxy) is 1. The van der Waals surface area contributed by atoms with Crippen molar-refractivity contribution in [1.29, 1.82) is 0 Å². The van der Waals surface area contributed by atoms with E-state index < -0.39 is 11.8 Å². The molecule has 2 N–H and O–H groups in total. The largest absolute Gasteiger partial charge is 0.497 e.